The third kappa shape index (κ3) is 3.20. The summed E-state index contributed by atoms with van der Waals surface area (Å²) in [4.78, 5) is 2.07. The van der Waals surface area contributed by atoms with Crippen molar-refractivity contribution in [1.82, 2.24) is 4.98 Å². The molecule has 0 aliphatic carbocycles. The van der Waals surface area contributed by atoms with E-state index in [9.17, 15) is 18.4 Å². The molecule has 1 heterocycles. The van der Waals surface area contributed by atoms with Crippen molar-refractivity contribution in [3.8, 4) is 17.2 Å². The van der Waals surface area contributed by atoms with Gasteiger partial charge in [0.15, 0.2) is 0 Å². The molecule has 0 saturated carbocycles. The highest BCUT2D eigenvalue weighted by Gasteiger charge is 2.32. The minimum Gasteiger partial charge on any atom is -0.341 e. The van der Waals surface area contributed by atoms with Crippen LogP contribution in [0.2, 0.25) is 0 Å². The fourth-order valence-electron chi connectivity index (χ4n) is 2.10. The lowest BCUT2D eigenvalue weighted by molar-refractivity contribution is -0.141. The third-order valence-corrected chi connectivity index (χ3v) is 3.65. The fourth-order valence-corrected chi connectivity index (χ4v) is 2.36. The summed E-state index contributed by atoms with van der Waals surface area (Å²) in [6, 6.07) is 9.91. The highest BCUT2D eigenvalue weighted by molar-refractivity contribution is 7.71. The summed E-state index contributed by atoms with van der Waals surface area (Å²) >= 11 is 4.88. The van der Waals surface area contributed by atoms with Crippen LogP contribution in [0, 0.1) is 16.0 Å². The van der Waals surface area contributed by atoms with Crippen LogP contribution in [0.25, 0.3) is 11.1 Å². The van der Waals surface area contributed by atoms with E-state index in [1.807, 2.05) is 32.0 Å². The van der Waals surface area contributed by atoms with Crippen LogP contribution in [0.3, 0.4) is 0 Å². The van der Waals surface area contributed by atoms with Crippen LogP contribution in [-0.4, -0.2) is 4.98 Å². The zero-order valence-corrected chi connectivity index (χ0v) is 12.8. The number of hydrogen-bond acceptors (Lipinski definition) is 2. The fraction of sp³-hybridized carbons (Fsp3) is 0.250. The summed E-state index contributed by atoms with van der Waals surface area (Å²) < 4.78 is 38.5. The van der Waals surface area contributed by atoms with E-state index in [1.165, 1.54) is 0 Å². The number of benzene rings is 1. The zero-order valence-electron chi connectivity index (χ0n) is 12.0. The third-order valence-electron chi connectivity index (χ3n) is 3.34. The summed E-state index contributed by atoms with van der Waals surface area (Å²) in [7, 11) is 0. The summed E-state index contributed by atoms with van der Waals surface area (Å²) in [6.07, 6.45) is -4.55. The number of nitriles is 1. The van der Waals surface area contributed by atoms with E-state index in [2.05, 4.69) is 4.98 Å². The van der Waals surface area contributed by atoms with Gasteiger partial charge >= 0.3 is 6.18 Å². The number of aromatic nitrogens is 1. The molecule has 0 fully saturated rings. The van der Waals surface area contributed by atoms with E-state index in [4.69, 9.17) is 12.2 Å². The van der Waals surface area contributed by atoms with Gasteiger partial charge in [0.1, 0.15) is 16.4 Å². The molecule has 0 atom stereocenters. The van der Waals surface area contributed by atoms with Gasteiger partial charge in [0.25, 0.3) is 0 Å². The van der Waals surface area contributed by atoms with Crippen LogP contribution >= 0.6 is 12.2 Å². The maximum atomic E-state index is 12.9. The van der Waals surface area contributed by atoms with Crippen molar-refractivity contribution < 1.29 is 13.2 Å². The molecule has 1 aromatic heterocycles. The van der Waals surface area contributed by atoms with Crippen molar-refractivity contribution in [3.05, 3.63) is 51.8 Å². The number of halogens is 3. The van der Waals surface area contributed by atoms with E-state index in [1.54, 1.807) is 12.1 Å². The van der Waals surface area contributed by atoms with Gasteiger partial charge in [-0.15, -0.1) is 0 Å². The molecule has 114 valence electrons. The molecule has 0 amide bonds. The molecular formula is C16H13F3N2S. The molecule has 0 spiro atoms. The van der Waals surface area contributed by atoms with Crippen molar-refractivity contribution in [2.75, 3.05) is 0 Å². The van der Waals surface area contributed by atoms with E-state index >= 15 is 0 Å². The second kappa shape index (κ2) is 5.93. The number of pyridine rings is 1. The van der Waals surface area contributed by atoms with E-state index in [0.29, 0.717) is 11.5 Å². The molecule has 6 heteroatoms. The minimum absolute atomic E-state index is 0.0419. The van der Waals surface area contributed by atoms with E-state index in [-0.39, 0.29) is 15.8 Å². The minimum atomic E-state index is -4.55. The number of rotatable bonds is 2. The largest absolute Gasteiger partial charge is 0.431 e. The van der Waals surface area contributed by atoms with Crippen molar-refractivity contribution in [3.63, 3.8) is 0 Å². The Bertz CT molecular complexity index is 781. The van der Waals surface area contributed by atoms with Gasteiger partial charge in [-0.05, 0) is 23.1 Å². The quantitative estimate of drug-likeness (QED) is 0.749. The lowest BCUT2D eigenvalue weighted by Gasteiger charge is -2.12. The Labute approximate surface area is 131 Å². The van der Waals surface area contributed by atoms with Gasteiger partial charge in [0.05, 0.1) is 5.56 Å². The van der Waals surface area contributed by atoms with Crippen molar-refractivity contribution >= 4 is 12.2 Å². The summed E-state index contributed by atoms with van der Waals surface area (Å²) in [5.74, 6) is 0.314. The molecule has 1 N–H and O–H groups in total. The normalized spacial score (nSPS) is 11.5. The first-order valence-electron chi connectivity index (χ1n) is 6.59. The first-order chi connectivity index (χ1) is 10.2. The lowest BCUT2D eigenvalue weighted by Crippen LogP contribution is -2.09. The number of nitrogens with zero attached hydrogens (tertiary/aromatic N) is 1. The lowest BCUT2D eigenvalue weighted by atomic mass is 9.97. The van der Waals surface area contributed by atoms with Crippen LogP contribution in [0.5, 0.6) is 0 Å². The number of aromatic amines is 1. The van der Waals surface area contributed by atoms with Gasteiger partial charge in [-0.1, -0.05) is 50.3 Å². The van der Waals surface area contributed by atoms with Crippen molar-refractivity contribution in [1.29, 1.82) is 5.26 Å². The standard InChI is InChI=1S/C16H13F3N2S/c1-9(2)10-3-5-11(6-4-10)12-7-14(16(17,18)19)21-15(22)13(12)8-20/h3-7,9H,1-2H3,(H,21,22). The van der Waals surface area contributed by atoms with Gasteiger partial charge in [0, 0.05) is 5.56 Å². The molecule has 2 rings (SSSR count). The Morgan fingerprint density at radius 3 is 2.23 bits per heavy atom. The van der Waals surface area contributed by atoms with Crippen LogP contribution in [0.15, 0.2) is 30.3 Å². The van der Waals surface area contributed by atoms with E-state index < -0.39 is 11.9 Å². The highest BCUT2D eigenvalue weighted by atomic mass is 32.1. The molecule has 2 nitrogen and oxygen atoms in total. The molecule has 0 aliphatic rings. The second-order valence-corrected chi connectivity index (χ2v) is 5.60. The Kier molecular flexibility index (Phi) is 4.38. The zero-order chi connectivity index (χ0) is 16.5. The Balaban J connectivity index is 2.65. The Morgan fingerprint density at radius 1 is 1.18 bits per heavy atom. The van der Waals surface area contributed by atoms with Gasteiger partial charge in [-0.25, -0.2) is 0 Å². The molecular weight excluding hydrogens is 309 g/mol. The predicted octanol–water partition coefficient (Wildman–Crippen LogP) is 5.43. The molecule has 22 heavy (non-hydrogen) atoms. The molecule has 0 bridgehead atoms. The maximum absolute atomic E-state index is 12.9. The van der Waals surface area contributed by atoms with Gasteiger partial charge in [-0.2, -0.15) is 18.4 Å². The topological polar surface area (TPSA) is 39.6 Å². The average molecular weight is 322 g/mol. The molecule has 2 aromatic rings. The van der Waals surface area contributed by atoms with Gasteiger partial charge in [0.2, 0.25) is 0 Å². The number of alkyl halides is 3. The highest BCUT2D eigenvalue weighted by Crippen LogP contribution is 2.33. The van der Waals surface area contributed by atoms with Crippen molar-refractivity contribution in [2.24, 2.45) is 0 Å². The number of nitrogens with one attached hydrogen (secondary N) is 1. The maximum Gasteiger partial charge on any atom is 0.431 e. The number of H-pyrrole nitrogens is 1. The molecule has 1 aromatic carbocycles. The molecule has 0 saturated heterocycles. The van der Waals surface area contributed by atoms with Crippen LogP contribution in [0.1, 0.15) is 36.6 Å². The van der Waals surface area contributed by atoms with Gasteiger partial charge in [-0.3, -0.25) is 0 Å². The average Bonchev–Trinajstić information content (AvgIpc) is 2.45. The molecule has 0 aliphatic heterocycles. The Morgan fingerprint density at radius 2 is 1.77 bits per heavy atom. The summed E-state index contributed by atoms with van der Waals surface area (Å²) in [6.45, 7) is 4.05. The SMILES string of the molecule is CC(C)c1ccc(-c2cc(C(F)(F)F)[nH]c(=S)c2C#N)cc1. The molecule has 0 radical (unpaired) electrons. The predicted molar refractivity (Wildman–Crippen MR) is 80.9 cm³/mol. The smallest absolute Gasteiger partial charge is 0.341 e. The monoisotopic (exact) mass is 322 g/mol. The first kappa shape index (κ1) is 16.2. The molecule has 0 unspecified atom stereocenters. The summed E-state index contributed by atoms with van der Waals surface area (Å²) in [5.41, 5.74) is 0.875. The number of hydrogen-bond donors (Lipinski definition) is 1. The van der Waals surface area contributed by atoms with Crippen LogP contribution in [0.4, 0.5) is 13.2 Å². The van der Waals surface area contributed by atoms with Crippen molar-refractivity contribution in [2.45, 2.75) is 25.9 Å². The second-order valence-electron chi connectivity index (χ2n) is 5.19. The van der Waals surface area contributed by atoms with Gasteiger partial charge < -0.3 is 4.98 Å². The van der Waals surface area contributed by atoms with Crippen LogP contribution in [-0.2, 0) is 6.18 Å². The van der Waals surface area contributed by atoms with Crippen LogP contribution < -0.4 is 0 Å². The Hall–Kier alpha value is -2.13. The van der Waals surface area contributed by atoms with E-state index in [0.717, 1.165) is 11.6 Å². The first-order valence-corrected chi connectivity index (χ1v) is 7.00. The summed E-state index contributed by atoms with van der Waals surface area (Å²) in [5, 5.41) is 9.18.